The Hall–Kier alpha value is -2.77. The molecule has 0 bridgehead atoms. The fraction of sp³-hybridized carbons (Fsp3) is 0.643. The van der Waals surface area contributed by atoms with E-state index in [0.29, 0.717) is 0 Å². The van der Waals surface area contributed by atoms with Gasteiger partial charge in [-0.15, -0.1) is 0 Å². The first-order valence-corrected chi connectivity index (χ1v) is 7.86. The van der Waals surface area contributed by atoms with Crippen LogP contribution in [0.5, 0.6) is 0 Å². The Morgan fingerprint density at radius 3 is 2.04 bits per heavy atom. The van der Waals surface area contributed by atoms with Crippen LogP contribution in [0.25, 0.3) is 0 Å². The first-order chi connectivity index (χ1) is 12.5. The molecule has 0 radical (unpaired) electrons. The molecule has 0 rings (SSSR count). The lowest BCUT2D eigenvalue weighted by Crippen LogP contribution is -2.55. The van der Waals surface area contributed by atoms with Crippen LogP contribution in [0.4, 0.5) is 0 Å². The van der Waals surface area contributed by atoms with Gasteiger partial charge in [-0.1, -0.05) is 0 Å². The van der Waals surface area contributed by atoms with Gasteiger partial charge in [0.05, 0.1) is 19.3 Å². The Kier molecular flexibility index (Phi) is 10.6. The number of hydrogen-bond donors (Lipinski definition) is 8. The zero-order valence-electron chi connectivity index (χ0n) is 14.5. The van der Waals surface area contributed by atoms with Crippen molar-refractivity contribution in [3.8, 4) is 0 Å². The van der Waals surface area contributed by atoms with E-state index in [2.05, 4.69) is 10.6 Å². The lowest BCUT2D eigenvalue weighted by molar-refractivity contribution is -0.144. The highest BCUT2D eigenvalue weighted by Gasteiger charge is 2.27. The molecule has 0 aliphatic heterocycles. The second kappa shape index (κ2) is 11.8. The maximum atomic E-state index is 12.1. The van der Waals surface area contributed by atoms with Crippen molar-refractivity contribution in [2.45, 2.75) is 44.0 Å². The molecule has 13 nitrogen and oxygen atoms in total. The molecular formula is C14H24N4O9. The summed E-state index contributed by atoms with van der Waals surface area (Å²) < 4.78 is 0. The number of carboxylic acids is 2. The molecule has 9 N–H and O–H groups in total. The number of aliphatic carboxylic acids is 2. The van der Waals surface area contributed by atoms with Gasteiger partial charge in [-0.05, 0) is 13.3 Å². The number of carboxylic acid groups (broad SMARTS) is 2. The van der Waals surface area contributed by atoms with Crippen molar-refractivity contribution in [1.82, 2.24) is 16.0 Å². The predicted octanol–water partition coefficient (Wildman–Crippen LogP) is -4.28. The molecule has 0 heterocycles. The molecule has 13 heteroatoms. The number of nitrogens with one attached hydrogen (secondary N) is 3. The summed E-state index contributed by atoms with van der Waals surface area (Å²) in [5.41, 5.74) is 5.37. The van der Waals surface area contributed by atoms with Crippen molar-refractivity contribution in [2.24, 2.45) is 5.73 Å². The van der Waals surface area contributed by atoms with E-state index in [4.69, 9.17) is 21.1 Å². The third-order valence-corrected chi connectivity index (χ3v) is 3.34. The van der Waals surface area contributed by atoms with Crippen LogP contribution in [0.2, 0.25) is 0 Å². The van der Waals surface area contributed by atoms with E-state index >= 15 is 0 Å². The largest absolute Gasteiger partial charge is 0.481 e. The number of aliphatic hydroxyl groups excluding tert-OH is 2. The molecule has 0 spiro atoms. The minimum absolute atomic E-state index is 0.355. The first kappa shape index (κ1) is 24.2. The molecule has 3 amide bonds. The fourth-order valence-corrected chi connectivity index (χ4v) is 1.74. The van der Waals surface area contributed by atoms with E-state index in [1.807, 2.05) is 5.32 Å². The molecule has 0 aromatic carbocycles. The van der Waals surface area contributed by atoms with Crippen molar-refractivity contribution in [2.75, 3.05) is 13.2 Å². The van der Waals surface area contributed by atoms with E-state index in [1.54, 1.807) is 0 Å². The number of amides is 3. The van der Waals surface area contributed by atoms with Gasteiger partial charge in [0.1, 0.15) is 18.1 Å². The van der Waals surface area contributed by atoms with Crippen LogP contribution in [0.1, 0.15) is 19.8 Å². The molecule has 0 fully saturated rings. The molecule has 0 aliphatic rings. The lowest BCUT2D eigenvalue weighted by atomic mass is 10.1. The summed E-state index contributed by atoms with van der Waals surface area (Å²) in [6.07, 6.45) is -2.02. The third kappa shape index (κ3) is 9.48. The highest BCUT2D eigenvalue weighted by atomic mass is 16.4. The smallest absolute Gasteiger partial charge is 0.328 e. The molecule has 154 valence electrons. The van der Waals surface area contributed by atoms with Gasteiger partial charge in [0.2, 0.25) is 17.7 Å². The van der Waals surface area contributed by atoms with Crippen LogP contribution in [-0.2, 0) is 24.0 Å². The van der Waals surface area contributed by atoms with Crippen LogP contribution in [0.3, 0.4) is 0 Å². The van der Waals surface area contributed by atoms with Crippen molar-refractivity contribution in [3.05, 3.63) is 0 Å². The van der Waals surface area contributed by atoms with Crippen molar-refractivity contribution >= 4 is 29.7 Å². The Morgan fingerprint density at radius 1 is 1.00 bits per heavy atom. The zero-order valence-corrected chi connectivity index (χ0v) is 14.5. The molecule has 0 saturated carbocycles. The minimum atomic E-state index is -1.63. The van der Waals surface area contributed by atoms with Crippen molar-refractivity contribution < 1.29 is 44.4 Å². The number of hydrogen-bond acceptors (Lipinski definition) is 8. The second-order valence-electron chi connectivity index (χ2n) is 5.62. The van der Waals surface area contributed by atoms with Gasteiger partial charge >= 0.3 is 11.9 Å². The van der Waals surface area contributed by atoms with E-state index in [1.165, 1.54) is 6.92 Å². The summed E-state index contributed by atoms with van der Waals surface area (Å²) >= 11 is 0. The van der Waals surface area contributed by atoms with E-state index in [0.717, 1.165) is 0 Å². The molecule has 0 aromatic rings. The van der Waals surface area contributed by atoms with Gasteiger partial charge in [0.25, 0.3) is 0 Å². The summed E-state index contributed by atoms with van der Waals surface area (Å²) in [5, 5.41) is 41.9. The molecule has 0 aromatic heterocycles. The molecular weight excluding hydrogens is 368 g/mol. The number of aliphatic hydroxyl groups is 2. The SMILES string of the molecule is CC(O)C(N)C(=O)NCC(=O)NC(CCC(=O)O)C(=O)NC(CO)C(=O)O. The van der Waals surface area contributed by atoms with Gasteiger partial charge in [-0.2, -0.15) is 0 Å². The van der Waals surface area contributed by atoms with Gasteiger partial charge in [0.15, 0.2) is 0 Å². The highest BCUT2D eigenvalue weighted by molar-refractivity contribution is 5.92. The van der Waals surface area contributed by atoms with Crippen LogP contribution in [0.15, 0.2) is 0 Å². The topological polar surface area (TPSA) is 228 Å². The van der Waals surface area contributed by atoms with E-state index in [-0.39, 0.29) is 6.42 Å². The van der Waals surface area contributed by atoms with Crippen LogP contribution in [-0.4, -0.2) is 87.5 Å². The van der Waals surface area contributed by atoms with Gasteiger partial charge in [-0.25, -0.2) is 4.79 Å². The molecule has 4 unspecified atom stereocenters. The fourth-order valence-electron chi connectivity index (χ4n) is 1.74. The molecule has 0 saturated heterocycles. The Bertz CT molecular complexity index is 567. The highest BCUT2D eigenvalue weighted by Crippen LogP contribution is 2.00. The standard InChI is InChI=1S/C14H24N4O9/c1-6(20)11(15)13(25)16-4-9(21)17-7(2-3-10(22)23)12(24)18-8(5-19)14(26)27/h6-8,11,19-20H,2-5,15H2,1H3,(H,16,25)(H,17,21)(H,18,24)(H,22,23)(H,26,27). The van der Waals surface area contributed by atoms with Crippen LogP contribution < -0.4 is 21.7 Å². The average molecular weight is 392 g/mol. The summed E-state index contributed by atoms with van der Waals surface area (Å²) in [7, 11) is 0. The summed E-state index contributed by atoms with van der Waals surface area (Å²) in [6.45, 7) is -0.247. The van der Waals surface area contributed by atoms with Gasteiger partial charge < -0.3 is 42.1 Å². The van der Waals surface area contributed by atoms with E-state index in [9.17, 15) is 29.1 Å². The van der Waals surface area contributed by atoms with Crippen molar-refractivity contribution in [3.63, 3.8) is 0 Å². The number of rotatable bonds is 12. The average Bonchev–Trinajstić information content (AvgIpc) is 2.59. The van der Waals surface area contributed by atoms with Gasteiger partial charge in [-0.3, -0.25) is 19.2 Å². The van der Waals surface area contributed by atoms with Crippen molar-refractivity contribution in [1.29, 1.82) is 0 Å². The lowest BCUT2D eigenvalue weighted by Gasteiger charge is -2.20. The van der Waals surface area contributed by atoms with E-state index < -0.39 is 73.5 Å². The summed E-state index contributed by atoms with van der Waals surface area (Å²) in [4.78, 5) is 57.0. The molecule has 4 atom stereocenters. The Labute approximate surface area is 153 Å². The maximum Gasteiger partial charge on any atom is 0.328 e. The summed E-state index contributed by atoms with van der Waals surface area (Å²) in [6, 6.07) is -4.32. The zero-order chi connectivity index (χ0) is 21.1. The Balaban J connectivity index is 4.86. The number of carbonyl (C=O) groups is 5. The molecule has 27 heavy (non-hydrogen) atoms. The quantitative estimate of drug-likeness (QED) is 0.159. The minimum Gasteiger partial charge on any atom is -0.481 e. The Morgan fingerprint density at radius 2 is 1.59 bits per heavy atom. The molecule has 0 aliphatic carbocycles. The predicted molar refractivity (Wildman–Crippen MR) is 88.1 cm³/mol. The number of carbonyl (C=O) groups excluding carboxylic acids is 3. The van der Waals surface area contributed by atoms with Crippen LogP contribution >= 0.6 is 0 Å². The monoisotopic (exact) mass is 392 g/mol. The van der Waals surface area contributed by atoms with Crippen LogP contribution in [0, 0.1) is 0 Å². The number of nitrogens with two attached hydrogens (primary N) is 1. The second-order valence-corrected chi connectivity index (χ2v) is 5.62. The normalized spacial score (nSPS) is 15.0. The van der Waals surface area contributed by atoms with Gasteiger partial charge in [0, 0.05) is 6.42 Å². The third-order valence-electron chi connectivity index (χ3n) is 3.34. The summed E-state index contributed by atoms with van der Waals surface area (Å²) in [5.74, 6) is -5.48. The first-order valence-electron chi connectivity index (χ1n) is 7.86. The maximum absolute atomic E-state index is 12.1.